The van der Waals surface area contributed by atoms with Gasteiger partial charge in [-0.25, -0.2) is 0 Å². The second kappa shape index (κ2) is 5.93. The zero-order chi connectivity index (χ0) is 11.3. The first-order valence-corrected chi connectivity index (χ1v) is 5.54. The normalized spacial score (nSPS) is 15.5. The topological polar surface area (TPSA) is 45.4 Å². The van der Waals surface area contributed by atoms with Crippen molar-refractivity contribution in [1.29, 1.82) is 0 Å². The van der Waals surface area contributed by atoms with Crippen molar-refractivity contribution >= 4 is 0 Å². The molecule has 15 heavy (non-hydrogen) atoms. The SMILES string of the molecule is CC(C)CC(O)CNC(C)c1ccco1. The molecule has 1 aromatic rings. The molecule has 0 aliphatic rings. The van der Waals surface area contributed by atoms with E-state index in [1.807, 2.05) is 19.1 Å². The molecule has 86 valence electrons. The van der Waals surface area contributed by atoms with E-state index < -0.39 is 0 Å². The van der Waals surface area contributed by atoms with E-state index in [-0.39, 0.29) is 12.1 Å². The Morgan fingerprint density at radius 1 is 1.40 bits per heavy atom. The molecule has 0 amide bonds. The lowest BCUT2D eigenvalue weighted by Gasteiger charge is -2.16. The monoisotopic (exact) mass is 211 g/mol. The van der Waals surface area contributed by atoms with Gasteiger partial charge in [0.1, 0.15) is 5.76 Å². The van der Waals surface area contributed by atoms with Gasteiger partial charge in [-0.2, -0.15) is 0 Å². The maximum atomic E-state index is 9.67. The fourth-order valence-corrected chi connectivity index (χ4v) is 1.58. The van der Waals surface area contributed by atoms with Crippen LogP contribution in [0.1, 0.15) is 39.0 Å². The van der Waals surface area contributed by atoms with E-state index in [0.29, 0.717) is 12.5 Å². The molecule has 1 aromatic heterocycles. The largest absolute Gasteiger partial charge is 0.468 e. The van der Waals surface area contributed by atoms with Crippen LogP contribution in [0, 0.1) is 5.92 Å². The number of furan rings is 1. The van der Waals surface area contributed by atoms with Crippen LogP contribution in [0.2, 0.25) is 0 Å². The molecule has 0 aromatic carbocycles. The summed E-state index contributed by atoms with van der Waals surface area (Å²) >= 11 is 0. The van der Waals surface area contributed by atoms with E-state index in [1.165, 1.54) is 0 Å². The summed E-state index contributed by atoms with van der Waals surface area (Å²) in [5.41, 5.74) is 0. The average Bonchev–Trinajstić information content (AvgIpc) is 2.65. The summed E-state index contributed by atoms with van der Waals surface area (Å²) in [4.78, 5) is 0. The van der Waals surface area contributed by atoms with Crippen molar-refractivity contribution in [2.45, 2.75) is 39.3 Å². The third kappa shape index (κ3) is 4.49. The minimum atomic E-state index is -0.276. The Hall–Kier alpha value is -0.800. The van der Waals surface area contributed by atoms with Crippen molar-refractivity contribution in [2.75, 3.05) is 6.54 Å². The number of hydrogen-bond acceptors (Lipinski definition) is 3. The standard InChI is InChI=1S/C12H21NO2/c1-9(2)7-11(14)8-13-10(3)12-5-4-6-15-12/h4-6,9-11,13-14H,7-8H2,1-3H3. The quantitative estimate of drug-likeness (QED) is 0.759. The second-order valence-electron chi connectivity index (χ2n) is 4.43. The van der Waals surface area contributed by atoms with Crippen LogP contribution in [0.3, 0.4) is 0 Å². The highest BCUT2D eigenvalue weighted by Gasteiger charge is 2.11. The molecule has 0 aliphatic carbocycles. The molecule has 1 heterocycles. The Bertz CT molecular complexity index is 257. The van der Waals surface area contributed by atoms with Crippen LogP contribution in [-0.4, -0.2) is 17.8 Å². The highest BCUT2D eigenvalue weighted by molar-refractivity contribution is 5.02. The zero-order valence-electron chi connectivity index (χ0n) is 9.73. The van der Waals surface area contributed by atoms with Gasteiger partial charge in [-0.05, 0) is 31.4 Å². The van der Waals surface area contributed by atoms with Gasteiger partial charge >= 0.3 is 0 Å². The van der Waals surface area contributed by atoms with E-state index in [0.717, 1.165) is 12.2 Å². The summed E-state index contributed by atoms with van der Waals surface area (Å²) in [6.45, 7) is 6.86. The molecule has 3 heteroatoms. The molecule has 0 spiro atoms. The van der Waals surface area contributed by atoms with Crippen molar-refractivity contribution in [1.82, 2.24) is 5.32 Å². The fourth-order valence-electron chi connectivity index (χ4n) is 1.58. The van der Waals surface area contributed by atoms with Gasteiger partial charge < -0.3 is 14.8 Å². The molecular formula is C12H21NO2. The van der Waals surface area contributed by atoms with Gasteiger partial charge in [-0.15, -0.1) is 0 Å². The first kappa shape index (κ1) is 12.3. The highest BCUT2D eigenvalue weighted by atomic mass is 16.3. The average molecular weight is 211 g/mol. The second-order valence-corrected chi connectivity index (χ2v) is 4.43. The summed E-state index contributed by atoms with van der Waals surface area (Å²) in [5.74, 6) is 1.44. The minimum absolute atomic E-state index is 0.154. The third-order valence-corrected chi connectivity index (χ3v) is 2.37. The van der Waals surface area contributed by atoms with Gasteiger partial charge in [0.05, 0.1) is 18.4 Å². The summed E-state index contributed by atoms with van der Waals surface area (Å²) in [7, 11) is 0. The predicted molar refractivity (Wildman–Crippen MR) is 60.6 cm³/mol. The van der Waals surface area contributed by atoms with Gasteiger partial charge in [0.15, 0.2) is 0 Å². The molecule has 0 fully saturated rings. The van der Waals surface area contributed by atoms with Crippen LogP contribution in [0.15, 0.2) is 22.8 Å². The minimum Gasteiger partial charge on any atom is -0.468 e. The van der Waals surface area contributed by atoms with Crippen molar-refractivity contribution < 1.29 is 9.52 Å². The van der Waals surface area contributed by atoms with E-state index in [1.54, 1.807) is 6.26 Å². The fraction of sp³-hybridized carbons (Fsp3) is 0.667. The van der Waals surface area contributed by atoms with Crippen LogP contribution >= 0.6 is 0 Å². The van der Waals surface area contributed by atoms with E-state index in [9.17, 15) is 5.11 Å². The van der Waals surface area contributed by atoms with E-state index in [4.69, 9.17) is 4.42 Å². The Morgan fingerprint density at radius 2 is 2.13 bits per heavy atom. The number of hydrogen-bond donors (Lipinski definition) is 2. The lowest BCUT2D eigenvalue weighted by molar-refractivity contribution is 0.142. The number of rotatable bonds is 6. The van der Waals surface area contributed by atoms with Gasteiger partial charge in [-0.1, -0.05) is 13.8 Å². The maximum absolute atomic E-state index is 9.67. The summed E-state index contributed by atoms with van der Waals surface area (Å²) in [6, 6.07) is 3.96. The van der Waals surface area contributed by atoms with Gasteiger partial charge in [0.25, 0.3) is 0 Å². The Balaban J connectivity index is 2.25. The molecule has 2 unspecified atom stereocenters. The molecule has 2 atom stereocenters. The number of aliphatic hydroxyl groups is 1. The highest BCUT2D eigenvalue weighted by Crippen LogP contribution is 2.12. The van der Waals surface area contributed by atoms with Crippen LogP contribution in [0.5, 0.6) is 0 Å². The molecule has 0 bridgehead atoms. The van der Waals surface area contributed by atoms with Crippen molar-refractivity contribution in [2.24, 2.45) is 5.92 Å². The summed E-state index contributed by atoms with van der Waals surface area (Å²) < 4.78 is 5.26. The molecule has 2 N–H and O–H groups in total. The van der Waals surface area contributed by atoms with Crippen LogP contribution < -0.4 is 5.32 Å². The molecule has 3 nitrogen and oxygen atoms in total. The van der Waals surface area contributed by atoms with Crippen molar-refractivity contribution in [3.8, 4) is 0 Å². The van der Waals surface area contributed by atoms with E-state index in [2.05, 4.69) is 19.2 Å². The zero-order valence-corrected chi connectivity index (χ0v) is 9.73. The lowest BCUT2D eigenvalue weighted by Crippen LogP contribution is -2.29. The molecular weight excluding hydrogens is 190 g/mol. The van der Waals surface area contributed by atoms with Crippen LogP contribution in [0.25, 0.3) is 0 Å². The van der Waals surface area contributed by atoms with Crippen molar-refractivity contribution in [3.05, 3.63) is 24.2 Å². The molecule has 0 aliphatic heterocycles. The maximum Gasteiger partial charge on any atom is 0.120 e. The molecule has 1 rings (SSSR count). The van der Waals surface area contributed by atoms with Gasteiger partial charge in [0.2, 0.25) is 0 Å². The predicted octanol–water partition coefficient (Wildman–Crippen LogP) is 2.34. The Labute approximate surface area is 91.5 Å². The first-order valence-electron chi connectivity index (χ1n) is 5.54. The Morgan fingerprint density at radius 3 is 2.67 bits per heavy atom. The Kier molecular flexibility index (Phi) is 4.85. The van der Waals surface area contributed by atoms with Gasteiger partial charge in [0, 0.05) is 6.54 Å². The van der Waals surface area contributed by atoms with E-state index >= 15 is 0 Å². The summed E-state index contributed by atoms with van der Waals surface area (Å²) in [5, 5.41) is 12.9. The van der Waals surface area contributed by atoms with Crippen molar-refractivity contribution in [3.63, 3.8) is 0 Å². The smallest absolute Gasteiger partial charge is 0.120 e. The summed E-state index contributed by atoms with van der Waals surface area (Å²) in [6.07, 6.45) is 2.22. The van der Waals surface area contributed by atoms with Crippen LogP contribution in [0.4, 0.5) is 0 Å². The number of aliphatic hydroxyl groups excluding tert-OH is 1. The van der Waals surface area contributed by atoms with Gasteiger partial charge in [-0.3, -0.25) is 0 Å². The lowest BCUT2D eigenvalue weighted by atomic mass is 10.1. The first-order chi connectivity index (χ1) is 7.09. The molecule has 0 radical (unpaired) electrons. The number of nitrogens with one attached hydrogen (secondary N) is 1. The van der Waals surface area contributed by atoms with Crippen LogP contribution in [-0.2, 0) is 0 Å². The molecule has 0 saturated carbocycles. The molecule has 0 saturated heterocycles. The third-order valence-electron chi connectivity index (χ3n) is 2.37.